The van der Waals surface area contributed by atoms with E-state index in [9.17, 15) is 66.1 Å². The van der Waals surface area contributed by atoms with E-state index >= 15 is 0 Å². The normalized spacial score (nSPS) is 28.3. The first-order chi connectivity index (χ1) is 15.9. The van der Waals surface area contributed by atoms with Crippen LogP contribution in [0.15, 0.2) is 0 Å². The van der Waals surface area contributed by atoms with Crippen molar-refractivity contribution in [3.63, 3.8) is 0 Å². The predicted octanol–water partition coefficient (Wildman–Crippen LogP) is -5.00. The third-order valence-electron chi connectivity index (χ3n) is 6.66. The first-order valence-corrected chi connectivity index (χ1v) is 10.1. The topological polar surface area (TPSA) is 293 Å². The van der Waals surface area contributed by atoms with E-state index < -0.39 is 81.0 Å². The van der Waals surface area contributed by atoms with Crippen LogP contribution >= 0.6 is 0 Å². The number of benzene rings is 1. The van der Waals surface area contributed by atoms with Gasteiger partial charge in [-0.1, -0.05) is 0 Å². The van der Waals surface area contributed by atoms with Gasteiger partial charge in [0, 0.05) is 7.05 Å². The predicted molar refractivity (Wildman–Crippen MR) is 107 cm³/mol. The second-order valence-electron chi connectivity index (χ2n) is 8.68. The number of aliphatic hydroxyl groups is 8. The van der Waals surface area contributed by atoms with Crippen LogP contribution in [0.1, 0.15) is 29.8 Å². The van der Waals surface area contributed by atoms with Gasteiger partial charge in [0.1, 0.15) is 5.52 Å². The van der Waals surface area contributed by atoms with E-state index in [2.05, 4.69) is 5.10 Å². The molecule has 17 nitrogen and oxygen atoms in total. The van der Waals surface area contributed by atoms with Gasteiger partial charge in [-0.25, -0.2) is 4.90 Å². The highest BCUT2D eigenvalue weighted by atomic mass is 16.7. The molecular formula is C18H24N4O13. The summed E-state index contributed by atoms with van der Waals surface area (Å²) in [6.45, 7) is 0. The van der Waals surface area contributed by atoms with E-state index in [1.165, 1.54) is 0 Å². The molecule has 2 fully saturated rings. The minimum atomic E-state index is -3.78. The maximum absolute atomic E-state index is 13.1. The molecule has 2 bridgehead atoms. The molecule has 2 saturated heterocycles. The lowest BCUT2D eigenvalue weighted by molar-refractivity contribution is -0.504. The molecule has 17 heteroatoms. The molecule has 2 aliphatic rings. The number of aromatic hydroxyl groups is 4. The van der Waals surface area contributed by atoms with Crippen LogP contribution in [0.4, 0.5) is 0 Å². The van der Waals surface area contributed by atoms with Crippen molar-refractivity contribution in [2.45, 2.75) is 54.7 Å². The molecule has 0 saturated carbocycles. The molecule has 13 N–H and O–H groups in total. The summed E-state index contributed by atoms with van der Waals surface area (Å²) in [5.41, 5.74) is -5.11. The van der Waals surface area contributed by atoms with Gasteiger partial charge in [0.2, 0.25) is 23.1 Å². The molecule has 1 aromatic heterocycles. The molecule has 1 aromatic carbocycles. The SMILES string of the molecule is Cn1nc(C(=O)NC2(O)C(O)(O)C3CCCC(N3C(O)(O)O)C2(O)O)c2c(O)c(O)c(O)c(O)c21. The molecule has 4 rings (SSSR count). The minimum Gasteiger partial charge on any atom is -0.504 e. The molecule has 2 aromatic rings. The largest absolute Gasteiger partial charge is 0.504 e. The van der Waals surface area contributed by atoms with Crippen molar-refractivity contribution in [2.24, 2.45) is 7.05 Å². The van der Waals surface area contributed by atoms with Crippen molar-refractivity contribution in [1.82, 2.24) is 20.0 Å². The Morgan fingerprint density at radius 1 is 0.914 bits per heavy atom. The van der Waals surface area contributed by atoms with E-state index in [4.69, 9.17) is 0 Å². The van der Waals surface area contributed by atoms with E-state index in [1.54, 1.807) is 5.32 Å². The molecule has 0 aliphatic carbocycles. The highest BCUT2D eigenvalue weighted by molar-refractivity contribution is 6.10. The molecule has 0 spiro atoms. The zero-order chi connectivity index (χ0) is 26.5. The summed E-state index contributed by atoms with van der Waals surface area (Å²) in [6, 6.07) is -3.92. The van der Waals surface area contributed by atoms with Gasteiger partial charge in [0.25, 0.3) is 11.6 Å². The summed E-state index contributed by atoms with van der Waals surface area (Å²) in [7, 11) is 1.15. The summed E-state index contributed by atoms with van der Waals surface area (Å²) in [6.07, 6.45) is -4.38. The Balaban J connectivity index is 1.85. The molecular weight excluding hydrogens is 480 g/mol. The number of nitrogens with zero attached hydrogens (tertiary/aromatic N) is 3. The first kappa shape index (κ1) is 25.1. The molecule has 3 heterocycles. The number of hydrogen-bond donors (Lipinski definition) is 13. The Morgan fingerprint density at radius 2 is 1.40 bits per heavy atom. The summed E-state index contributed by atoms with van der Waals surface area (Å²) in [5, 5.41) is 128. The van der Waals surface area contributed by atoms with Crippen LogP contribution in [0.2, 0.25) is 0 Å². The Morgan fingerprint density at radius 3 is 1.89 bits per heavy atom. The minimum absolute atomic E-state index is 0.0540. The van der Waals surface area contributed by atoms with Gasteiger partial charge in [-0.15, -0.1) is 0 Å². The number of aromatic nitrogens is 2. The van der Waals surface area contributed by atoms with Crippen molar-refractivity contribution in [3.05, 3.63) is 5.69 Å². The third-order valence-corrected chi connectivity index (χ3v) is 6.66. The second-order valence-corrected chi connectivity index (χ2v) is 8.68. The lowest BCUT2D eigenvalue weighted by Gasteiger charge is -2.63. The average molecular weight is 504 g/mol. The first-order valence-electron chi connectivity index (χ1n) is 10.1. The molecule has 2 atom stereocenters. The summed E-state index contributed by atoms with van der Waals surface area (Å²) in [4.78, 5) is 13.2. The molecule has 35 heavy (non-hydrogen) atoms. The fourth-order valence-corrected chi connectivity index (χ4v) is 5.00. The van der Waals surface area contributed by atoms with Crippen molar-refractivity contribution in [1.29, 1.82) is 0 Å². The molecule has 0 radical (unpaired) electrons. The van der Waals surface area contributed by atoms with Crippen LogP contribution in [-0.4, -0.2) is 117 Å². The second kappa shape index (κ2) is 7.26. The van der Waals surface area contributed by atoms with Crippen molar-refractivity contribution in [3.8, 4) is 23.0 Å². The Kier molecular flexibility index (Phi) is 5.21. The zero-order valence-electron chi connectivity index (χ0n) is 17.9. The molecule has 1 amide bonds. The number of aryl methyl sites for hydroxylation is 1. The van der Waals surface area contributed by atoms with Crippen LogP contribution in [0.3, 0.4) is 0 Å². The quantitative estimate of drug-likeness (QED) is 0.106. The van der Waals surface area contributed by atoms with Crippen molar-refractivity contribution in [2.75, 3.05) is 0 Å². The maximum Gasteiger partial charge on any atom is 0.346 e. The number of phenolic OH excluding ortho intramolecular Hbond substituents is 4. The van der Waals surface area contributed by atoms with E-state index in [0.29, 0.717) is 0 Å². The number of amides is 1. The monoisotopic (exact) mass is 504 g/mol. The fourth-order valence-electron chi connectivity index (χ4n) is 5.00. The van der Waals surface area contributed by atoms with Gasteiger partial charge < -0.3 is 66.6 Å². The number of carbonyl (C=O) groups excluding carboxylic acids is 1. The Labute approximate surface area is 194 Å². The lowest BCUT2D eigenvalue weighted by Crippen LogP contribution is -2.91. The maximum atomic E-state index is 13.1. The number of rotatable bonds is 3. The number of phenols is 4. The Hall–Kier alpha value is -3.00. The summed E-state index contributed by atoms with van der Waals surface area (Å²) >= 11 is 0. The standard InChI is InChI=1S/C18H24N4O13/c1-21-9-7(10(23)12(25)13(26)11(9)24)8(20-21)14(27)19-17(32)15(28,29)5-3-2-4-6(16(17,30)31)22(5)18(33,34)35/h5-6,23-26,28-35H,2-4H2,1H3,(H,19,27). The fraction of sp³-hybridized carbons (Fsp3) is 0.556. The summed E-state index contributed by atoms with van der Waals surface area (Å²) < 4.78 is 0.785. The van der Waals surface area contributed by atoms with Crippen molar-refractivity contribution < 1.29 is 66.1 Å². The molecule has 2 unspecified atom stereocenters. The van der Waals surface area contributed by atoms with Gasteiger partial charge in [-0.2, -0.15) is 5.10 Å². The number of nitrogens with one attached hydrogen (secondary N) is 1. The summed E-state index contributed by atoms with van der Waals surface area (Å²) in [5.74, 6) is -13.6. The third kappa shape index (κ3) is 3.08. The van der Waals surface area contributed by atoms with Crippen molar-refractivity contribution >= 4 is 16.8 Å². The van der Waals surface area contributed by atoms with Crippen LogP contribution in [-0.2, 0) is 7.05 Å². The van der Waals surface area contributed by atoms with E-state index in [-0.39, 0.29) is 24.2 Å². The molecule has 194 valence electrons. The van der Waals surface area contributed by atoms with E-state index in [1.807, 2.05) is 0 Å². The van der Waals surface area contributed by atoms with Crippen LogP contribution in [0, 0.1) is 0 Å². The van der Waals surface area contributed by atoms with Crippen LogP contribution in [0.5, 0.6) is 23.0 Å². The zero-order valence-corrected chi connectivity index (χ0v) is 17.9. The number of piperidine rings is 2. The lowest BCUT2D eigenvalue weighted by atomic mass is 9.70. The highest BCUT2D eigenvalue weighted by Crippen LogP contribution is 2.51. The number of fused-ring (bicyclic) bond motifs is 3. The van der Waals surface area contributed by atoms with Crippen LogP contribution in [0.25, 0.3) is 10.9 Å². The number of carbonyl (C=O) groups is 1. The highest BCUT2D eigenvalue weighted by Gasteiger charge is 2.77. The van der Waals surface area contributed by atoms with Gasteiger partial charge in [0.05, 0.1) is 17.5 Å². The Bertz CT molecular complexity index is 1190. The van der Waals surface area contributed by atoms with Gasteiger partial charge in [-0.05, 0) is 19.3 Å². The number of hydrogen-bond acceptors (Lipinski definition) is 15. The van der Waals surface area contributed by atoms with Crippen LogP contribution < -0.4 is 5.32 Å². The van der Waals surface area contributed by atoms with Gasteiger partial charge >= 0.3 is 6.10 Å². The van der Waals surface area contributed by atoms with E-state index in [0.717, 1.165) is 11.7 Å². The van der Waals surface area contributed by atoms with Gasteiger partial charge in [-0.3, -0.25) is 9.48 Å². The average Bonchev–Trinajstić information content (AvgIpc) is 3.11. The molecule has 2 aliphatic heterocycles. The smallest absolute Gasteiger partial charge is 0.346 e. The van der Waals surface area contributed by atoms with Gasteiger partial charge in [0.15, 0.2) is 17.2 Å².